The first-order valence-corrected chi connectivity index (χ1v) is 7.67. The van der Waals surface area contributed by atoms with Crippen molar-refractivity contribution < 1.29 is 4.79 Å². The third-order valence-corrected chi connectivity index (χ3v) is 5.29. The van der Waals surface area contributed by atoms with E-state index in [1.54, 1.807) is 0 Å². The Morgan fingerprint density at radius 2 is 2.21 bits per heavy atom. The lowest BCUT2D eigenvalue weighted by atomic mass is 9.75. The molecule has 4 heteroatoms. The van der Waals surface area contributed by atoms with Gasteiger partial charge in [-0.2, -0.15) is 0 Å². The number of carbonyl (C=O) groups excluding carboxylic acids is 1. The van der Waals surface area contributed by atoms with Gasteiger partial charge in [-0.15, -0.1) is 0 Å². The first-order chi connectivity index (χ1) is 8.95. The molecule has 2 heterocycles. The molecular weight excluding hydrogens is 238 g/mol. The molecule has 3 unspecified atom stereocenters. The van der Waals surface area contributed by atoms with Gasteiger partial charge in [-0.25, -0.2) is 0 Å². The SMILES string of the molecule is CC1CC(NC(=O)C2(C(C)C)CCNC2)CCN1C. The Morgan fingerprint density at radius 3 is 2.74 bits per heavy atom. The standard InChI is InChI=1S/C15H29N3O/c1-11(2)15(6-7-16-10-15)14(19)17-13-5-8-18(4)12(3)9-13/h11-13,16H,5-10H2,1-4H3,(H,17,19). The third kappa shape index (κ3) is 2.95. The largest absolute Gasteiger partial charge is 0.353 e. The molecule has 3 atom stereocenters. The summed E-state index contributed by atoms with van der Waals surface area (Å²) >= 11 is 0. The van der Waals surface area contributed by atoms with E-state index in [1.807, 2.05) is 0 Å². The van der Waals surface area contributed by atoms with Crippen molar-refractivity contribution in [2.75, 3.05) is 26.7 Å². The second-order valence-electron chi connectivity index (χ2n) is 6.76. The lowest BCUT2D eigenvalue weighted by molar-refractivity contribution is -0.133. The molecule has 2 aliphatic rings. The molecule has 2 rings (SSSR count). The molecule has 0 aromatic carbocycles. The summed E-state index contributed by atoms with van der Waals surface area (Å²) in [5.74, 6) is 0.667. The molecule has 0 radical (unpaired) electrons. The molecule has 0 aliphatic carbocycles. The van der Waals surface area contributed by atoms with Crippen molar-refractivity contribution in [1.29, 1.82) is 0 Å². The predicted molar refractivity (Wildman–Crippen MR) is 78.0 cm³/mol. The molecule has 4 nitrogen and oxygen atoms in total. The number of nitrogens with zero attached hydrogens (tertiary/aromatic N) is 1. The number of carbonyl (C=O) groups is 1. The predicted octanol–water partition coefficient (Wildman–Crippen LogP) is 1.22. The summed E-state index contributed by atoms with van der Waals surface area (Å²) in [5.41, 5.74) is -0.188. The molecule has 0 bridgehead atoms. The van der Waals surface area contributed by atoms with Gasteiger partial charge in [0.15, 0.2) is 0 Å². The molecular formula is C15H29N3O. The number of hydrogen-bond acceptors (Lipinski definition) is 3. The fraction of sp³-hybridized carbons (Fsp3) is 0.933. The molecule has 0 spiro atoms. The van der Waals surface area contributed by atoms with E-state index in [4.69, 9.17) is 0 Å². The van der Waals surface area contributed by atoms with Crippen molar-refractivity contribution in [2.45, 2.75) is 52.1 Å². The molecule has 2 N–H and O–H groups in total. The number of nitrogens with one attached hydrogen (secondary N) is 2. The van der Waals surface area contributed by atoms with Crippen LogP contribution in [0.4, 0.5) is 0 Å². The van der Waals surface area contributed by atoms with Crippen LogP contribution in [0, 0.1) is 11.3 Å². The molecule has 110 valence electrons. The van der Waals surface area contributed by atoms with Gasteiger partial charge in [0.25, 0.3) is 0 Å². The van der Waals surface area contributed by atoms with Gasteiger partial charge in [-0.05, 0) is 45.7 Å². The van der Waals surface area contributed by atoms with Crippen LogP contribution in [0.25, 0.3) is 0 Å². The number of rotatable bonds is 3. The zero-order valence-corrected chi connectivity index (χ0v) is 12.8. The molecule has 2 fully saturated rings. The number of piperidine rings is 1. The van der Waals surface area contributed by atoms with Gasteiger partial charge in [-0.1, -0.05) is 13.8 Å². The first-order valence-electron chi connectivity index (χ1n) is 7.67. The first kappa shape index (κ1) is 14.8. The normalized spacial score (nSPS) is 36.7. The van der Waals surface area contributed by atoms with Crippen LogP contribution in [0.1, 0.15) is 40.0 Å². The van der Waals surface area contributed by atoms with E-state index in [1.165, 1.54) is 0 Å². The Labute approximate surface area is 117 Å². The van der Waals surface area contributed by atoms with E-state index >= 15 is 0 Å². The van der Waals surface area contributed by atoms with Crippen molar-refractivity contribution >= 4 is 5.91 Å². The van der Waals surface area contributed by atoms with Crippen LogP contribution < -0.4 is 10.6 Å². The average Bonchev–Trinajstić information content (AvgIpc) is 2.84. The molecule has 19 heavy (non-hydrogen) atoms. The molecule has 0 aromatic rings. The van der Waals surface area contributed by atoms with Crippen LogP contribution in [0.3, 0.4) is 0 Å². The highest BCUT2D eigenvalue weighted by Gasteiger charge is 2.44. The summed E-state index contributed by atoms with van der Waals surface area (Å²) < 4.78 is 0. The Balaban J connectivity index is 1.96. The van der Waals surface area contributed by atoms with Gasteiger partial charge in [0, 0.05) is 25.2 Å². The van der Waals surface area contributed by atoms with E-state index in [0.29, 0.717) is 18.0 Å². The molecule has 0 saturated carbocycles. The number of likely N-dealkylation sites (tertiary alicyclic amines) is 1. The van der Waals surface area contributed by atoms with E-state index < -0.39 is 0 Å². The average molecular weight is 267 g/mol. The number of amides is 1. The maximum Gasteiger partial charge on any atom is 0.228 e. The summed E-state index contributed by atoms with van der Waals surface area (Å²) in [6, 6.07) is 0.922. The summed E-state index contributed by atoms with van der Waals surface area (Å²) in [6.45, 7) is 9.47. The van der Waals surface area contributed by atoms with Gasteiger partial charge < -0.3 is 15.5 Å². The minimum absolute atomic E-state index is 0.188. The van der Waals surface area contributed by atoms with E-state index in [0.717, 1.165) is 38.9 Å². The highest BCUT2D eigenvalue weighted by molar-refractivity contribution is 5.83. The summed E-state index contributed by atoms with van der Waals surface area (Å²) in [4.78, 5) is 15.1. The van der Waals surface area contributed by atoms with E-state index in [9.17, 15) is 4.79 Å². The summed E-state index contributed by atoms with van der Waals surface area (Å²) in [7, 11) is 2.17. The fourth-order valence-corrected chi connectivity index (χ4v) is 3.41. The van der Waals surface area contributed by atoms with Crippen molar-refractivity contribution in [3.05, 3.63) is 0 Å². The zero-order chi connectivity index (χ0) is 14.0. The van der Waals surface area contributed by atoms with E-state index in [-0.39, 0.29) is 11.3 Å². The van der Waals surface area contributed by atoms with Crippen molar-refractivity contribution in [2.24, 2.45) is 11.3 Å². The topological polar surface area (TPSA) is 44.4 Å². The quantitative estimate of drug-likeness (QED) is 0.808. The van der Waals surface area contributed by atoms with Gasteiger partial charge >= 0.3 is 0 Å². The van der Waals surface area contributed by atoms with Crippen LogP contribution in [0.2, 0.25) is 0 Å². The van der Waals surface area contributed by atoms with Gasteiger partial charge in [0.2, 0.25) is 5.91 Å². The summed E-state index contributed by atoms with van der Waals surface area (Å²) in [5, 5.41) is 6.69. The second-order valence-corrected chi connectivity index (χ2v) is 6.76. The smallest absolute Gasteiger partial charge is 0.228 e. The van der Waals surface area contributed by atoms with Crippen LogP contribution >= 0.6 is 0 Å². The van der Waals surface area contributed by atoms with Crippen molar-refractivity contribution in [1.82, 2.24) is 15.5 Å². The van der Waals surface area contributed by atoms with Crippen LogP contribution in [-0.4, -0.2) is 49.6 Å². The molecule has 1 amide bonds. The minimum atomic E-state index is -0.188. The maximum absolute atomic E-state index is 12.7. The Kier molecular flexibility index (Phi) is 4.51. The Hall–Kier alpha value is -0.610. The fourth-order valence-electron chi connectivity index (χ4n) is 3.41. The van der Waals surface area contributed by atoms with Crippen LogP contribution in [-0.2, 0) is 4.79 Å². The van der Waals surface area contributed by atoms with Crippen LogP contribution in [0.5, 0.6) is 0 Å². The highest BCUT2D eigenvalue weighted by atomic mass is 16.2. The van der Waals surface area contributed by atoms with Gasteiger partial charge in [0.1, 0.15) is 0 Å². The van der Waals surface area contributed by atoms with Crippen molar-refractivity contribution in [3.8, 4) is 0 Å². The zero-order valence-electron chi connectivity index (χ0n) is 12.8. The number of hydrogen-bond donors (Lipinski definition) is 2. The molecule has 0 aromatic heterocycles. The summed E-state index contributed by atoms with van der Waals surface area (Å²) in [6.07, 6.45) is 3.12. The molecule has 2 saturated heterocycles. The lowest BCUT2D eigenvalue weighted by Crippen LogP contribution is -2.53. The Bertz CT molecular complexity index is 323. The third-order valence-electron chi connectivity index (χ3n) is 5.29. The van der Waals surface area contributed by atoms with E-state index in [2.05, 4.69) is 43.4 Å². The monoisotopic (exact) mass is 267 g/mol. The van der Waals surface area contributed by atoms with Crippen molar-refractivity contribution in [3.63, 3.8) is 0 Å². The molecule has 2 aliphatic heterocycles. The van der Waals surface area contributed by atoms with Gasteiger partial charge in [-0.3, -0.25) is 4.79 Å². The maximum atomic E-state index is 12.7. The highest BCUT2D eigenvalue weighted by Crippen LogP contribution is 2.34. The minimum Gasteiger partial charge on any atom is -0.353 e. The Morgan fingerprint density at radius 1 is 1.47 bits per heavy atom. The lowest BCUT2D eigenvalue weighted by Gasteiger charge is -2.38. The second kappa shape index (κ2) is 5.80. The van der Waals surface area contributed by atoms with Crippen LogP contribution in [0.15, 0.2) is 0 Å². The van der Waals surface area contributed by atoms with Gasteiger partial charge in [0.05, 0.1) is 5.41 Å².